The van der Waals surface area contributed by atoms with Gasteiger partial charge in [0.15, 0.2) is 23.9 Å². The average molecular weight is 393 g/mol. The van der Waals surface area contributed by atoms with Crippen molar-refractivity contribution in [2.75, 3.05) is 0 Å². The quantitative estimate of drug-likeness (QED) is 0.518. The van der Waals surface area contributed by atoms with E-state index in [0.717, 1.165) is 24.8 Å². The highest BCUT2D eigenvalue weighted by Crippen LogP contribution is 2.46. The molecular weight excluding hydrogens is 373 g/mol. The zero-order valence-electron chi connectivity index (χ0n) is 16.2. The van der Waals surface area contributed by atoms with E-state index in [-0.39, 0.29) is 17.8 Å². The largest absolute Gasteiger partial charge is 0.468 e. The number of benzene rings is 1. The average Bonchev–Trinajstić information content (AvgIpc) is 3.30. The molecule has 3 heterocycles. The molecule has 29 heavy (non-hydrogen) atoms. The molecule has 9 heteroatoms. The maximum Gasteiger partial charge on any atom is 0.236 e. The second kappa shape index (κ2) is 6.61. The molecule has 0 unspecified atom stereocenters. The molecule has 0 radical (unpaired) electrons. The molecular formula is C20H20FN7O. The number of fused-ring (bicyclic) bond motifs is 1. The molecule has 1 aliphatic rings. The monoisotopic (exact) mass is 393 g/mol. The van der Waals surface area contributed by atoms with Gasteiger partial charge in [-0.1, -0.05) is 25.5 Å². The molecule has 4 aromatic rings. The summed E-state index contributed by atoms with van der Waals surface area (Å²) in [5.74, 6) is 1.00. The minimum absolute atomic E-state index is 0.0221. The summed E-state index contributed by atoms with van der Waals surface area (Å²) >= 11 is 0. The van der Waals surface area contributed by atoms with E-state index in [1.54, 1.807) is 36.3 Å². The molecule has 148 valence electrons. The van der Waals surface area contributed by atoms with Gasteiger partial charge in [0.1, 0.15) is 12.1 Å². The number of aryl methyl sites for hydroxylation is 1. The van der Waals surface area contributed by atoms with Crippen molar-refractivity contribution in [2.45, 2.75) is 38.2 Å². The fourth-order valence-corrected chi connectivity index (χ4v) is 3.72. The second-order valence-corrected chi connectivity index (χ2v) is 7.67. The molecule has 0 atom stereocenters. The van der Waals surface area contributed by atoms with Crippen LogP contribution in [0.3, 0.4) is 0 Å². The fourth-order valence-electron chi connectivity index (χ4n) is 3.72. The van der Waals surface area contributed by atoms with Crippen LogP contribution in [0.4, 0.5) is 4.39 Å². The molecule has 1 saturated carbocycles. The predicted octanol–water partition coefficient (Wildman–Crippen LogP) is 3.08. The Balaban J connectivity index is 1.60. The van der Waals surface area contributed by atoms with E-state index in [2.05, 4.69) is 32.3 Å². The Hall–Kier alpha value is -3.36. The molecule has 0 bridgehead atoms. The van der Waals surface area contributed by atoms with E-state index in [0.29, 0.717) is 28.7 Å². The van der Waals surface area contributed by atoms with Crippen LogP contribution >= 0.6 is 0 Å². The predicted molar refractivity (Wildman–Crippen MR) is 103 cm³/mol. The smallest absolute Gasteiger partial charge is 0.236 e. The summed E-state index contributed by atoms with van der Waals surface area (Å²) in [6, 6.07) is 8.40. The van der Waals surface area contributed by atoms with E-state index in [4.69, 9.17) is 4.74 Å². The number of aromatic nitrogens is 7. The standard InChI is InChI=1S/C20H20FN7O/c1-20(8-5-9-20)14-10-17-23-24-18(13-6-3-4-7-15(13)21)28(17)26-19(14)29-11-16-22-12-27(2)25-16/h3-4,6-7,10,12H,5,8-9,11H2,1-2H3. The first-order valence-electron chi connectivity index (χ1n) is 9.53. The molecule has 0 N–H and O–H groups in total. The van der Waals surface area contributed by atoms with Crippen LogP contribution in [0.2, 0.25) is 0 Å². The minimum Gasteiger partial charge on any atom is -0.468 e. The number of hydrogen-bond acceptors (Lipinski definition) is 6. The number of ether oxygens (including phenoxy) is 1. The van der Waals surface area contributed by atoms with Crippen molar-refractivity contribution >= 4 is 5.65 Å². The van der Waals surface area contributed by atoms with Crippen molar-refractivity contribution in [3.63, 3.8) is 0 Å². The lowest BCUT2D eigenvalue weighted by molar-refractivity contribution is 0.233. The molecule has 0 saturated heterocycles. The van der Waals surface area contributed by atoms with Crippen LogP contribution < -0.4 is 4.74 Å². The van der Waals surface area contributed by atoms with Crippen LogP contribution in [-0.4, -0.2) is 34.6 Å². The molecule has 1 aromatic carbocycles. The van der Waals surface area contributed by atoms with Gasteiger partial charge in [0.25, 0.3) is 0 Å². The van der Waals surface area contributed by atoms with Gasteiger partial charge >= 0.3 is 0 Å². The molecule has 0 amide bonds. The minimum atomic E-state index is -0.376. The first-order chi connectivity index (χ1) is 14.0. The third kappa shape index (κ3) is 3.02. The van der Waals surface area contributed by atoms with Gasteiger partial charge in [-0.3, -0.25) is 4.68 Å². The molecule has 3 aromatic heterocycles. The normalized spacial score (nSPS) is 15.4. The van der Waals surface area contributed by atoms with E-state index in [1.165, 1.54) is 10.6 Å². The summed E-state index contributed by atoms with van der Waals surface area (Å²) in [7, 11) is 1.81. The fraction of sp³-hybridized carbons (Fsp3) is 0.350. The number of rotatable bonds is 5. The lowest BCUT2D eigenvalue weighted by Gasteiger charge is -2.39. The van der Waals surface area contributed by atoms with Crippen molar-refractivity contribution in [3.8, 4) is 17.3 Å². The van der Waals surface area contributed by atoms with Gasteiger partial charge in [-0.05, 0) is 36.5 Å². The van der Waals surface area contributed by atoms with Crippen LogP contribution in [0.15, 0.2) is 36.7 Å². The lowest BCUT2D eigenvalue weighted by Crippen LogP contribution is -2.31. The summed E-state index contributed by atoms with van der Waals surface area (Å²) in [6.07, 6.45) is 4.89. The van der Waals surface area contributed by atoms with Crippen LogP contribution in [0.5, 0.6) is 5.88 Å². The van der Waals surface area contributed by atoms with Crippen molar-refractivity contribution in [2.24, 2.45) is 7.05 Å². The van der Waals surface area contributed by atoms with Crippen molar-refractivity contribution in [3.05, 3.63) is 53.9 Å². The van der Waals surface area contributed by atoms with Gasteiger partial charge in [0.2, 0.25) is 5.88 Å². The van der Waals surface area contributed by atoms with Gasteiger partial charge < -0.3 is 4.74 Å². The Bertz CT molecular complexity index is 1190. The Kier molecular flexibility index (Phi) is 4.04. The van der Waals surface area contributed by atoms with Crippen LogP contribution in [-0.2, 0) is 19.1 Å². The molecule has 8 nitrogen and oxygen atoms in total. The summed E-state index contributed by atoms with van der Waals surface area (Å²) < 4.78 is 23.5. The summed E-state index contributed by atoms with van der Waals surface area (Å²) in [5.41, 5.74) is 1.87. The maximum atomic E-state index is 14.3. The van der Waals surface area contributed by atoms with Crippen LogP contribution in [0.25, 0.3) is 17.0 Å². The second-order valence-electron chi connectivity index (χ2n) is 7.67. The molecule has 0 spiro atoms. The topological polar surface area (TPSA) is 83.0 Å². The van der Waals surface area contributed by atoms with E-state index in [1.807, 2.05) is 6.07 Å². The van der Waals surface area contributed by atoms with Crippen LogP contribution in [0.1, 0.15) is 37.6 Å². The Morgan fingerprint density at radius 3 is 2.69 bits per heavy atom. The van der Waals surface area contributed by atoms with Gasteiger partial charge in [0.05, 0.1) is 5.56 Å². The summed E-state index contributed by atoms with van der Waals surface area (Å²) in [6.45, 7) is 2.39. The summed E-state index contributed by atoms with van der Waals surface area (Å²) in [5, 5.41) is 17.3. The van der Waals surface area contributed by atoms with Gasteiger partial charge in [-0.2, -0.15) is 9.61 Å². The first-order valence-corrected chi connectivity index (χ1v) is 9.53. The lowest BCUT2D eigenvalue weighted by atomic mass is 9.66. The highest BCUT2D eigenvalue weighted by atomic mass is 19.1. The maximum absolute atomic E-state index is 14.3. The van der Waals surface area contributed by atoms with Crippen molar-refractivity contribution < 1.29 is 9.13 Å². The third-order valence-corrected chi connectivity index (χ3v) is 5.57. The van der Waals surface area contributed by atoms with Gasteiger partial charge in [-0.15, -0.1) is 15.3 Å². The van der Waals surface area contributed by atoms with Crippen LogP contribution in [0, 0.1) is 5.82 Å². The Labute approximate surface area is 166 Å². The van der Waals surface area contributed by atoms with Crippen molar-refractivity contribution in [1.29, 1.82) is 0 Å². The SMILES string of the molecule is Cn1cnc(COc2nn3c(-c4ccccc4F)nnc3cc2C2(C)CCC2)n1. The third-order valence-electron chi connectivity index (χ3n) is 5.57. The van der Waals surface area contributed by atoms with Crippen molar-refractivity contribution in [1.82, 2.24) is 34.6 Å². The van der Waals surface area contributed by atoms with E-state index < -0.39 is 0 Å². The van der Waals surface area contributed by atoms with Gasteiger partial charge in [-0.25, -0.2) is 9.37 Å². The Morgan fingerprint density at radius 2 is 2.00 bits per heavy atom. The molecule has 0 aliphatic heterocycles. The molecule has 1 aliphatic carbocycles. The highest BCUT2D eigenvalue weighted by molar-refractivity contribution is 5.60. The van der Waals surface area contributed by atoms with E-state index in [9.17, 15) is 4.39 Å². The number of halogens is 1. The zero-order valence-corrected chi connectivity index (χ0v) is 16.2. The Morgan fingerprint density at radius 1 is 1.17 bits per heavy atom. The molecule has 5 rings (SSSR count). The highest BCUT2D eigenvalue weighted by Gasteiger charge is 2.37. The number of hydrogen-bond donors (Lipinski definition) is 0. The zero-order chi connectivity index (χ0) is 20.0. The first kappa shape index (κ1) is 17.7. The van der Waals surface area contributed by atoms with E-state index >= 15 is 0 Å². The number of nitrogens with zero attached hydrogens (tertiary/aromatic N) is 7. The molecule has 1 fully saturated rings. The van der Waals surface area contributed by atoms with Gasteiger partial charge in [0, 0.05) is 12.6 Å². The summed E-state index contributed by atoms with van der Waals surface area (Å²) in [4.78, 5) is 4.20.